The van der Waals surface area contributed by atoms with Crippen LogP contribution in [-0.2, 0) is 17.8 Å². The zero-order chi connectivity index (χ0) is 15.1. The van der Waals surface area contributed by atoms with E-state index in [1.165, 1.54) is 5.56 Å². The number of rotatable bonds is 6. The van der Waals surface area contributed by atoms with Crippen molar-refractivity contribution in [2.24, 2.45) is 5.73 Å². The summed E-state index contributed by atoms with van der Waals surface area (Å²) in [5, 5.41) is 2.81. The Morgan fingerprint density at radius 3 is 2.52 bits per heavy atom. The van der Waals surface area contributed by atoms with Gasteiger partial charge < -0.3 is 15.8 Å². The Balaban J connectivity index is 1.89. The Kier molecular flexibility index (Phi) is 5.35. The third kappa shape index (κ3) is 4.33. The van der Waals surface area contributed by atoms with Crippen molar-refractivity contribution < 1.29 is 9.53 Å². The number of carbonyl (C=O) groups excluding carboxylic acids is 1. The number of amides is 1. The molecule has 0 unspecified atom stereocenters. The standard InChI is InChI=1S/C17H20N2O2/c1-2-13-7-9-15(10-8-13)19-17(20)12-21-16-6-4-3-5-14(16)11-18/h3-10H,2,11-12,18H2,1H3,(H,19,20). The van der Waals surface area contributed by atoms with Crippen molar-refractivity contribution in [1.82, 2.24) is 0 Å². The molecular weight excluding hydrogens is 264 g/mol. The van der Waals surface area contributed by atoms with Gasteiger partial charge in [0.05, 0.1) is 0 Å². The average molecular weight is 284 g/mol. The highest BCUT2D eigenvalue weighted by atomic mass is 16.5. The van der Waals surface area contributed by atoms with Crippen molar-refractivity contribution in [3.05, 3.63) is 59.7 Å². The number of nitrogens with one attached hydrogen (secondary N) is 1. The molecule has 0 aliphatic heterocycles. The molecule has 0 fully saturated rings. The highest BCUT2D eigenvalue weighted by Gasteiger charge is 2.06. The van der Waals surface area contributed by atoms with E-state index in [1.807, 2.05) is 48.5 Å². The largest absolute Gasteiger partial charge is 0.483 e. The second kappa shape index (κ2) is 7.45. The SMILES string of the molecule is CCc1ccc(NC(=O)COc2ccccc2CN)cc1. The van der Waals surface area contributed by atoms with E-state index >= 15 is 0 Å². The maximum Gasteiger partial charge on any atom is 0.262 e. The fourth-order valence-electron chi connectivity index (χ4n) is 1.98. The molecule has 0 spiro atoms. The summed E-state index contributed by atoms with van der Waals surface area (Å²) >= 11 is 0. The molecule has 0 atom stereocenters. The van der Waals surface area contributed by atoms with E-state index in [0.29, 0.717) is 12.3 Å². The van der Waals surface area contributed by atoms with Gasteiger partial charge in [0.15, 0.2) is 6.61 Å². The van der Waals surface area contributed by atoms with E-state index in [0.717, 1.165) is 17.7 Å². The van der Waals surface area contributed by atoms with Gasteiger partial charge >= 0.3 is 0 Å². The van der Waals surface area contributed by atoms with Gasteiger partial charge in [0, 0.05) is 17.8 Å². The monoisotopic (exact) mass is 284 g/mol. The molecule has 2 aromatic rings. The van der Waals surface area contributed by atoms with Gasteiger partial charge in [-0.05, 0) is 30.2 Å². The highest BCUT2D eigenvalue weighted by molar-refractivity contribution is 5.91. The van der Waals surface area contributed by atoms with Crippen LogP contribution in [0.3, 0.4) is 0 Å². The summed E-state index contributed by atoms with van der Waals surface area (Å²) in [6.45, 7) is 2.44. The van der Waals surface area contributed by atoms with Crippen molar-refractivity contribution in [1.29, 1.82) is 0 Å². The summed E-state index contributed by atoms with van der Waals surface area (Å²) in [5.41, 5.74) is 8.52. The molecule has 0 radical (unpaired) electrons. The minimum atomic E-state index is -0.189. The third-order valence-electron chi connectivity index (χ3n) is 3.20. The second-order valence-electron chi connectivity index (χ2n) is 4.70. The van der Waals surface area contributed by atoms with Crippen molar-refractivity contribution >= 4 is 11.6 Å². The van der Waals surface area contributed by atoms with Crippen LogP contribution in [0.5, 0.6) is 5.75 Å². The summed E-state index contributed by atoms with van der Waals surface area (Å²) in [4.78, 5) is 11.9. The minimum absolute atomic E-state index is 0.0352. The molecule has 3 N–H and O–H groups in total. The number of para-hydroxylation sites is 1. The molecule has 4 nitrogen and oxygen atoms in total. The summed E-state index contributed by atoms with van der Waals surface area (Å²) in [6, 6.07) is 15.2. The normalized spacial score (nSPS) is 10.2. The summed E-state index contributed by atoms with van der Waals surface area (Å²) < 4.78 is 5.51. The Bertz CT molecular complexity index is 594. The van der Waals surface area contributed by atoms with Gasteiger partial charge in [-0.25, -0.2) is 0 Å². The van der Waals surface area contributed by atoms with Crippen LogP contribution in [0, 0.1) is 0 Å². The van der Waals surface area contributed by atoms with Gasteiger partial charge in [-0.2, -0.15) is 0 Å². The third-order valence-corrected chi connectivity index (χ3v) is 3.20. The van der Waals surface area contributed by atoms with Gasteiger partial charge in [-0.1, -0.05) is 37.3 Å². The maximum absolute atomic E-state index is 11.9. The van der Waals surface area contributed by atoms with Gasteiger partial charge in [0.1, 0.15) is 5.75 Å². The first-order valence-electron chi connectivity index (χ1n) is 7.02. The van der Waals surface area contributed by atoms with Crippen LogP contribution in [0.2, 0.25) is 0 Å². The fourth-order valence-corrected chi connectivity index (χ4v) is 1.98. The Morgan fingerprint density at radius 1 is 1.14 bits per heavy atom. The number of benzene rings is 2. The van der Waals surface area contributed by atoms with E-state index in [2.05, 4.69) is 12.2 Å². The lowest BCUT2D eigenvalue weighted by Gasteiger charge is -2.10. The van der Waals surface area contributed by atoms with Crippen molar-refractivity contribution in [2.75, 3.05) is 11.9 Å². The van der Waals surface area contributed by atoms with Crippen LogP contribution in [0.4, 0.5) is 5.69 Å². The van der Waals surface area contributed by atoms with Gasteiger partial charge in [0.25, 0.3) is 5.91 Å². The highest BCUT2D eigenvalue weighted by Crippen LogP contribution is 2.17. The lowest BCUT2D eigenvalue weighted by molar-refractivity contribution is -0.118. The summed E-state index contributed by atoms with van der Waals surface area (Å²) in [7, 11) is 0. The molecule has 0 bridgehead atoms. The molecule has 4 heteroatoms. The van der Waals surface area contributed by atoms with E-state index in [4.69, 9.17) is 10.5 Å². The fraction of sp³-hybridized carbons (Fsp3) is 0.235. The minimum Gasteiger partial charge on any atom is -0.483 e. The van der Waals surface area contributed by atoms with Crippen molar-refractivity contribution in [2.45, 2.75) is 19.9 Å². The first-order valence-corrected chi connectivity index (χ1v) is 7.02. The topological polar surface area (TPSA) is 64.3 Å². The first kappa shape index (κ1) is 15.1. The molecule has 0 saturated carbocycles. The zero-order valence-corrected chi connectivity index (χ0v) is 12.1. The van der Waals surface area contributed by atoms with Gasteiger partial charge in [-0.3, -0.25) is 4.79 Å². The number of nitrogens with two attached hydrogens (primary N) is 1. The Morgan fingerprint density at radius 2 is 1.86 bits per heavy atom. The van der Waals surface area contributed by atoms with Gasteiger partial charge in [0.2, 0.25) is 0 Å². The number of carbonyl (C=O) groups is 1. The summed E-state index contributed by atoms with van der Waals surface area (Å²) in [6.07, 6.45) is 0.979. The molecular formula is C17H20N2O2. The van der Waals surface area contributed by atoms with E-state index in [9.17, 15) is 4.79 Å². The van der Waals surface area contributed by atoms with Crippen LogP contribution in [0.15, 0.2) is 48.5 Å². The number of aryl methyl sites for hydroxylation is 1. The molecule has 110 valence electrons. The second-order valence-corrected chi connectivity index (χ2v) is 4.70. The predicted octanol–water partition coefficient (Wildman–Crippen LogP) is 2.73. The van der Waals surface area contributed by atoms with Crippen LogP contribution in [-0.4, -0.2) is 12.5 Å². The lowest BCUT2D eigenvalue weighted by atomic mass is 10.1. The quantitative estimate of drug-likeness (QED) is 0.857. The van der Waals surface area contributed by atoms with Gasteiger partial charge in [-0.15, -0.1) is 0 Å². The Labute approximate surface area is 124 Å². The van der Waals surface area contributed by atoms with E-state index < -0.39 is 0 Å². The number of hydrogen-bond acceptors (Lipinski definition) is 3. The molecule has 0 saturated heterocycles. The molecule has 0 heterocycles. The number of ether oxygens (including phenoxy) is 1. The van der Waals surface area contributed by atoms with Crippen LogP contribution >= 0.6 is 0 Å². The predicted molar refractivity (Wildman–Crippen MR) is 84.3 cm³/mol. The lowest BCUT2D eigenvalue weighted by Crippen LogP contribution is -2.20. The zero-order valence-electron chi connectivity index (χ0n) is 12.1. The molecule has 21 heavy (non-hydrogen) atoms. The molecule has 2 aromatic carbocycles. The Hall–Kier alpha value is -2.33. The molecule has 1 amide bonds. The average Bonchev–Trinajstić information content (AvgIpc) is 2.54. The molecule has 0 aliphatic rings. The van der Waals surface area contributed by atoms with E-state index in [-0.39, 0.29) is 12.5 Å². The number of hydrogen-bond donors (Lipinski definition) is 2. The number of anilines is 1. The van der Waals surface area contributed by atoms with Crippen LogP contribution < -0.4 is 15.8 Å². The van der Waals surface area contributed by atoms with Crippen molar-refractivity contribution in [3.8, 4) is 5.75 Å². The molecule has 0 aliphatic carbocycles. The van der Waals surface area contributed by atoms with E-state index in [1.54, 1.807) is 0 Å². The molecule has 0 aromatic heterocycles. The summed E-state index contributed by atoms with van der Waals surface area (Å²) in [5.74, 6) is 0.461. The van der Waals surface area contributed by atoms with Crippen LogP contribution in [0.1, 0.15) is 18.1 Å². The van der Waals surface area contributed by atoms with Crippen LogP contribution in [0.25, 0.3) is 0 Å². The smallest absolute Gasteiger partial charge is 0.262 e. The maximum atomic E-state index is 11.9. The van der Waals surface area contributed by atoms with Crippen molar-refractivity contribution in [3.63, 3.8) is 0 Å². The molecule has 2 rings (SSSR count). The first-order chi connectivity index (χ1) is 10.2.